The molecule has 1 aromatic carbocycles. The van der Waals surface area contributed by atoms with Gasteiger partial charge in [0.05, 0.1) is 7.11 Å². The number of amides is 2. The maximum absolute atomic E-state index is 12.3. The van der Waals surface area contributed by atoms with Crippen molar-refractivity contribution in [3.63, 3.8) is 0 Å². The molecule has 0 aromatic heterocycles. The molecule has 0 spiro atoms. The molecule has 0 aliphatic rings. The molecule has 0 fully saturated rings. The van der Waals surface area contributed by atoms with Crippen LogP contribution in [-0.4, -0.2) is 37.5 Å². The van der Waals surface area contributed by atoms with Crippen molar-refractivity contribution in [2.45, 2.75) is 32.7 Å². The number of hydrogen-bond donors (Lipinski definition) is 2. The van der Waals surface area contributed by atoms with E-state index in [1.807, 2.05) is 13.8 Å². The summed E-state index contributed by atoms with van der Waals surface area (Å²) in [5.74, 6) is -1.02. The van der Waals surface area contributed by atoms with E-state index in [4.69, 9.17) is 11.6 Å². The summed E-state index contributed by atoms with van der Waals surface area (Å²) in [5.41, 5.74) is 0.434. The summed E-state index contributed by atoms with van der Waals surface area (Å²) in [6, 6.07) is 5.78. The highest BCUT2D eigenvalue weighted by Crippen LogP contribution is 2.10. The fraction of sp³-hybridized carbons (Fsp3) is 0.471. The molecular formula is C17H23ClN2O4. The highest BCUT2D eigenvalue weighted by molar-refractivity contribution is 6.30. The third kappa shape index (κ3) is 6.58. The molecule has 24 heavy (non-hydrogen) atoms. The summed E-state index contributed by atoms with van der Waals surface area (Å²) < 4.78 is 4.53. The number of carbonyl (C=O) groups is 3. The first-order valence-electron chi connectivity index (χ1n) is 7.76. The lowest BCUT2D eigenvalue weighted by Crippen LogP contribution is -2.49. The van der Waals surface area contributed by atoms with E-state index < -0.39 is 6.04 Å². The largest absolute Gasteiger partial charge is 0.469 e. The molecule has 1 aromatic rings. The zero-order chi connectivity index (χ0) is 18.1. The normalized spacial score (nSPS) is 11.7. The Hall–Kier alpha value is -2.08. The first-order chi connectivity index (χ1) is 11.3. The predicted molar refractivity (Wildman–Crippen MR) is 91.8 cm³/mol. The Balaban J connectivity index is 2.56. The molecule has 132 valence electrons. The van der Waals surface area contributed by atoms with Crippen LogP contribution in [0.2, 0.25) is 5.02 Å². The molecule has 0 bridgehead atoms. The van der Waals surface area contributed by atoms with E-state index in [1.165, 1.54) is 7.11 Å². The van der Waals surface area contributed by atoms with E-state index in [-0.39, 0.29) is 30.1 Å². The molecule has 0 aliphatic carbocycles. The van der Waals surface area contributed by atoms with Gasteiger partial charge in [0.15, 0.2) is 0 Å². The van der Waals surface area contributed by atoms with Gasteiger partial charge < -0.3 is 15.4 Å². The second-order valence-electron chi connectivity index (χ2n) is 5.67. The summed E-state index contributed by atoms with van der Waals surface area (Å²) in [6.45, 7) is 4.04. The molecule has 0 aliphatic heterocycles. The second-order valence-corrected chi connectivity index (χ2v) is 6.11. The summed E-state index contributed by atoms with van der Waals surface area (Å²) in [6.07, 6.45) is 0.717. The predicted octanol–water partition coefficient (Wildman–Crippen LogP) is 2.16. The van der Waals surface area contributed by atoms with Crippen LogP contribution < -0.4 is 10.6 Å². The van der Waals surface area contributed by atoms with Gasteiger partial charge in [0.1, 0.15) is 6.04 Å². The molecule has 7 heteroatoms. The third-order valence-corrected chi connectivity index (χ3v) is 3.68. The minimum absolute atomic E-state index is 0.0816. The van der Waals surface area contributed by atoms with Gasteiger partial charge in [-0.25, -0.2) is 0 Å². The molecule has 1 atom stereocenters. The van der Waals surface area contributed by atoms with Gasteiger partial charge in [-0.1, -0.05) is 25.4 Å². The van der Waals surface area contributed by atoms with Crippen LogP contribution in [0.5, 0.6) is 0 Å². The quantitative estimate of drug-likeness (QED) is 0.553. The van der Waals surface area contributed by atoms with Crippen molar-refractivity contribution in [1.82, 2.24) is 10.6 Å². The van der Waals surface area contributed by atoms with Crippen molar-refractivity contribution in [3.8, 4) is 0 Å². The Labute approximate surface area is 146 Å². The number of methoxy groups -OCH3 is 1. The molecule has 0 saturated heterocycles. The highest BCUT2D eigenvalue weighted by Gasteiger charge is 2.24. The van der Waals surface area contributed by atoms with Gasteiger partial charge in [0.2, 0.25) is 5.91 Å². The standard InChI is InChI=1S/C17H23ClN2O4/c1-11(2)15(17(23)19-10-4-5-14(21)24-3)20-16(22)12-6-8-13(18)9-7-12/h6-9,11,15H,4-5,10H2,1-3H3,(H,19,23)(H,20,22). The van der Waals surface area contributed by atoms with E-state index in [1.54, 1.807) is 24.3 Å². The number of esters is 1. The minimum Gasteiger partial charge on any atom is -0.469 e. The number of hydrogen-bond acceptors (Lipinski definition) is 4. The number of halogens is 1. The van der Waals surface area contributed by atoms with Crippen LogP contribution in [0.3, 0.4) is 0 Å². The van der Waals surface area contributed by atoms with Crippen LogP contribution in [0.15, 0.2) is 24.3 Å². The average molecular weight is 355 g/mol. The van der Waals surface area contributed by atoms with Gasteiger partial charge in [-0.15, -0.1) is 0 Å². The van der Waals surface area contributed by atoms with Crippen LogP contribution >= 0.6 is 11.6 Å². The maximum Gasteiger partial charge on any atom is 0.305 e. The number of benzene rings is 1. The lowest BCUT2D eigenvalue weighted by atomic mass is 10.0. The third-order valence-electron chi connectivity index (χ3n) is 3.43. The number of ether oxygens (including phenoxy) is 1. The molecule has 0 radical (unpaired) electrons. The number of carbonyl (C=O) groups excluding carboxylic acids is 3. The Morgan fingerprint density at radius 3 is 2.33 bits per heavy atom. The molecule has 6 nitrogen and oxygen atoms in total. The summed E-state index contributed by atoms with van der Waals surface area (Å²) in [5, 5.41) is 5.99. The molecule has 0 saturated carbocycles. The summed E-state index contributed by atoms with van der Waals surface area (Å²) in [4.78, 5) is 35.5. The van der Waals surface area contributed by atoms with Gasteiger partial charge in [-0.2, -0.15) is 0 Å². The van der Waals surface area contributed by atoms with Crippen molar-refractivity contribution < 1.29 is 19.1 Å². The highest BCUT2D eigenvalue weighted by atomic mass is 35.5. The van der Waals surface area contributed by atoms with Crippen LogP contribution in [0.25, 0.3) is 0 Å². The molecular weight excluding hydrogens is 332 g/mol. The first-order valence-corrected chi connectivity index (χ1v) is 8.14. The van der Waals surface area contributed by atoms with Crippen molar-refractivity contribution in [2.24, 2.45) is 5.92 Å². The zero-order valence-electron chi connectivity index (χ0n) is 14.1. The lowest BCUT2D eigenvalue weighted by molar-refractivity contribution is -0.140. The number of nitrogens with one attached hydrogen (secondary N) is 2. The lowest BCUT2D eigenvalue weighted by Gasteiger charge is -2.21. The van der Waals surface area contributed by atoms with E-state index in [9.17, 15) is 14.4 Å². The summed E-state index contributed by atoms with van der Waals surface area (Å²) in [7, 11) is 1.32. The fourth-order valence-electron chi connectivity index (χ4n) is 2.02. The minimum atomic E-state index is -0.661. The van der Waals surface area contributed by atoms with Crippen LogP contribution in [0, 0.1) is 5.92 Å². The first kappa shape index (κ1) is 20.0. The molecule has 2 amide bonds. The van der Waals surface area contributed by atoms with E-state index >= 15 is 0 Å². The van der Waals surface area contributed by atoms with Crippen molar-refractivity contribution >= 4 is 29.4 Å². The van der Waals surface area contributed by atoms with Crippen molar-refractivity contribution in [3.05, 3.63) is 34.9 Å². The van der Waals surface area contributed by atoms with Crippen molar-refractivity contribution in [1.29, 1.82) is 0 Å². The SMILES string of the molecule is COC(=O)CCCNC(=O)C(NC(=O)c1ccc(Cl)cc1)C(C)C. The van der Waals surface area contributed by atoms with Crippen LogP contribution in [0.4, 0.5) is 0 Å². The average Bonchev–Trinajstić information content (AvgIpc) is 2.56. The van der Waals surface area contributed by atoms with E-state index in [0.29, 0.717) is 23.6 Å². The Morgan fingerprint density at radius 2 is 1.79 bits per heavy atom. The smallest absolute Gasteiger partial charge is 0.305 e. The van der Waals surface area contributed by atoms with Crippen LogP contribution in [-0.2, 0) is 14.3 Å². The van der Waals surface area contributed by atoms with Gasteiger partial charge in [0, 0.05) is 23.6 Å². The zero-order valence-corrected chi connectivity index (χ0v) is 14.9. The van der Waals surface area contributed by atoms with E-state index in [2.05, 4.69) is 15.4 Å². The second kappa shape index (κ2) is 9.93. The molecule has 2 N–H and O–H groups in total. The van der Waals surface area contributed by atoms with Crippen LogP contribution in [0.1, 0.15) is 37.0 Å². The molecule has 1 rings (SSSR count). The Kier molecular flexibility index (Phi) is 8.26. The topological polar surface area (TPSA) is 84.5 Å². The van der Waals surface area contributed by atoms with Gasteiger partial charge >= 0.3 is 5.97 Å². The Bertz CT molecular complexity index is 572. The maximum atomic E-state index is 12.3. The van der Waals surface area contributed by atoms with Gasteiger partial charge in [-0.3, -0.25) is 14.4 Å². The number of rotatable bonds is 8. The monoisotopic (exact) mass is 354 g/mol. The van der Waals surface area contributed by atoms with Crippen molar-refractivity contribution in [2.75, 3.05) is 13.7 Å². The Morgan fingerprint density at radius 1 is 1.17 bits per heavy atom. The fourth-order valence-corrected chi connectivity index (χ4v) is 2.14. The summed E-state index contributed by atoms with van der Waals surface area (Å²) >= 11 is 5.80. The van der Waals surface area contributed by atoms with E-state index in [0.717, 1.165) is 0 Å². The van der Waals surface area contributed by atoms with Gasteiger partial charge in [-0.05, 0) is 36.6 Å². The van der Waals surface area contributed by atoms with Gasteiger partial charge in [0.25, 0.3) is 5.91 Å². The molecule has 0 heterocycles. The molecule has 1 unspecified atom stereocenters.